The van der Waals surface area contributed by atoms with Crippen molar-refractivity contribution in [2.75, 3.05) is 13.1 Å². The van der Waals surface area contributed by atoms with Crippen LogP contribution >= 0.6 is 0 Å². The van der Waals surface area contributed by atoms with Crippen molar-refractivity contribution in [3.63, 3.8) is 0 Å². The molecule has 0 atom stereocenters. The molecular weight excluding hydrogens is 312 g/mol. The van der Waals surface area contributed by atoms with Crippen LogP contribution in [0.15, 0.2) is 0 Å². The van der Waals surface area contributed by atoms with Crippen molar-refractivity contribution in [1.29, 1.82) is 0 Å². The molecule has 0 unspecified atom stereocenters. The molecule has 1 saturated carbocycles. The number of rotatable bonds is 3. The molecule has 144 valence electrons. The second-order valence-electron chi connectivity index (χ2n) is 9.62. The second kappa shape index (κ2) is 7.67. The lowest BCUT2D eigenvalue weighted by atomic mass is 9.54. The Kier molecular flexibility index (Phi) is 6.22. The fraction of sp³-hybridized carbons (Fsp3) is 0.905. The van der Waals surface area contributed by atoms with E-state index in [-0.39, 0.29) is 17.7 Å². The number of nitrogens with zero attached hydrogens (tertiary/aromatic N) is 1. The highest BCUT2D eigenvalue weighted by molar-refractivity contribution is 5.79. The number of carbonyl (C=O) groups is 2. The molecule has 0 aromatic carbocycles. The minimum Gasteiger partial charge on any atom is -0.353 e. The van der Waals surface area contributed by atoms with E-state index in [1.165, 1.54) is 12.8 Å². The maximum Gasteiger partial charge on any atom is 0.223 e. The number of nitrogens with one attached hydrogen (secondary N) is 1. The zero-order chi connectivity index (χ0) is 18.8. The molecular formula is C21H38N2O2. The van der Waals surface area contributed by atoms with Gasteiger partial charge in [-0.3, -0.25) is 9.59 Å². The number of piperidine rings is 1. The first-order chi connectivity index (χ1) is 11.6. The molecule has 0 aromatic heterocycles. The highest BCUT2D eigenvalue weighted by atomic mass is 16.2. The number of likely N-dealkylation sites (tertiary alicyclic amines) is 1. The van der Waals surface area contributed by atoms with Crippen LogP contribution in [0, 0.1) is 22.7 Å². The van der Waals surface area contributed by atoms with Gasteiger partial charge in [0.2, 0.25) is 11.8 Å². The first-order valence-electron chi connectivity index (χ1n) is 10.1. The van der Waals surface area contributed by atoms with E-state index in [2.05, 4.69) is 39.9 Å². The molecule has 1 saturated heterocycles. The average molecular weight is 351 g/mol. The van der Waals surface area contributed by atoms with Gasteiger partial charge in [0.25, 0.3) is 0 Å². The van der Waals surface area contributed by atoms with E-state index in [0.717, 1.165) is 38.8 Å². The van der Waals surface area contributed by atoms with Gasteiger partial charge >= 0.3 is 0 Å². The van der Waals surface area contributed by atoms with Gasteiger partial charge < -0.3 is 10.2 Å². The SMILES string of the molecule is CC(=O)N1CCC(C(=O)NC2CCC(C(C)C)(C(C)(C)C)CC2)CC1. The molecule has 0 spiro atoms. The minimum absolute atomic E-state index is 0.0787. The zero-order valence-corrected chi connectivity index (χ0v) is 17.2. The Labute approximate surface area is 154 Å². The van der Waals surface area contributed by atoms with Crippen molar-refractivity contribution in [3.8, 4) is 0 Å². The fourth-order valence-corrected chi connectivity index (χ4v) is 5.25. The maximum absolute atomic E-state index is 12.6. The summed E-state index contributed by atoms with van der Waals surface area (Å²) in [7, 11) is 0. The predicted octanol–water partition coefficient (Wildman–Crippen LogP) is 3.99. The Morgan fingerprint density at radius 1 is 1.04 bits per heavy atom. The van der Waals surface area contributed by atoms with Crippen molar-refractivity contribution < 1.29 is 9.59 Å². The first-order valence-corrected chi connectivity index (χ1v) is 10.1. The molecule has 4 nitrogen and oxygen atoms in total. The van der Waals surface area contributed by atoms with Gasteiger partial charge in [-0.2, -0.15) is 0 Å². The van der Waals surface area contributed by atoms with Crippen molar-refractivity contribution >= 4 is 11.8 Å². The molecule has 0 radical (unpaired) electrons. The van der Waals surface area contributed by atoms with Crippen molar-refractivity contribution in [3.05, 3.63) is 0 Å². The molecule has 2 fully saturated rings. The number of amides is 2. The summed E-state index contributed by atoms with van der Waals surface area (Å²) in [6.07, 6.45) is 6.18. The van der Waals surface area contributed by atoms with Crippen molar-refractivity contribution in [1.82, 2.24) is 10.2 Å². The molecule has 1 aliphatic carbocycles. The van der Waals surface area contributed by atoms with E-state index in [0.29, 0.717) is 22.8 Å². The lowest BCUT2D eigenvalue weighted by molar-refractivity contribution is -0.134. The lowest BCUT2D eigenvalue weighted by Gasteiger charge is -2.52. The average Bonchev–Trinajstić information content (AvgIpc) is 2.54. The van der Waals surface area contributed by atoms with Gasteiger partial charge in [-0.15, -0.1) is 0 Å². The van der Waals surface area contributed by atoms with Crippen LogP contribution in [0.5, 0.6) is 0 Å². The summed E-state index contributed by atoms with van der Waals surface area (Å²) in [5, 5.41) is 3.32. The highest BCUT2D eigenvalue weighted by Gasteiger charge is 2.46. The molecule has 2 aliphatic rings. The third-order valence-corrected chi connectivity index (χ3v) is 7.13. The van der Waals surface area contributed by atoms with Gasteiger partial charge in [0, 0.05) is 32.0 Å². The van der Waals surface area contributed by atoms with E-state index in [4.69, 9.17) is 0 Å². The van der Waals surface area contributed by atoms with Crippen LogP contribution in [0.4, 0.5) is 0 Å². The van der Waals surface area contributed by atoms with Gasteiger partial charge in [0.1, 0.15) is 0 Å². The molecule has 2 amide bonds. The Morgan fingerprint density at radius 2 is 1.56 bits per heavy atom. The third-order valence-electron chi connectivity index (χ3n) is 7.13. The summed E-state index contributed by atoms with van der Waals surface area (Å²) in [6, 6.07) is 0.326. The smallest absolute Gasteiger partial charge is 0.223 e. The Bertz CT molecular complexity index is 477. The Balaban J connectivity index is 1.86. The monoisotopic (exact) mass is 350 g/mol. The summed E-state index contributed by atoms with van der Waals surface area (Å²) in [5.41, 5.74) is 0.677. The van der Waals surface area contributed by atoms with Crippen molar-refractivity contribution in [2.24, 2.45) is 22.7 Å². The van der Waals surface area contributed by atoms with Crippen LogP contribution in [-0.4, -0.2) is 35.8 Å². The summed E-state index contributed by atoms with van der Waals surface area (Å²) >= 11 is 0. The van der Waals surface area contributed by atoms with E-state index in [1.807, 2.05) is 4.90 Å². The normalized spacial score (nSPS) is 28.9. The molecule has 1 aliphatic heterocycles. The standard InChI is InChI=1S/C21H38N2O2/c1-15(2)21(20(4,5)6)11-7-18(8-12-21)22-19(25)17-9-13-23(14-10-17)16(3)24/h15,17-18H,7-14H2,1-6H3,(H,22,25). The van der Waals surface area contributed by atoms with E-state index in [9.17, 15) is 9.59 Å². The molecule has 1 heterocycles. The second-order valence-corrected chi connectivity index (χ2v) is 9.62. The van der Waals surface area contributed by atoms with Crippen LogP contribution in [0.2, 0.25) is 0 Å². The van der Waals surface area contributed by atoms with Crippen molar-refractivity contribution in [2.45, 2.75) is 86.1 Å². The van der Waals surface area contributed by atoms with E-state index >= 15 is 0 Å². The van der Waals surface area contributed by atoms with Gasteiger partial charge in [0.15, 0.2) is 0 Å². The molecule has 2 rings (SSSR count). The third kappa shape index (κ3) is 4.38. The topological polar surface area (TPSA) is 49.4 Å². The molecule has 0 aromatic rings. The van der Waals surface area contributed by atoms with Crippen LogP contribution in [0.1, 0.15) is 80.1 Å². The van der Waals surface area contributed by atoms with Gasteiger partial charge in [0.05, 0.1) is 0 Å². The van der Waals surface area contributed by atoms with Crippen LogP contribution in [-0.2, 0) is 9.59 Å². The lowest BCUT2D eigenvalue weighted by Crippen LogP contribution is -2.49. The number of carbonyl (C=O) groups excluding carboxylic acids is 2. The minimum atomic E-state index is 0.0787. The summed E-state index contributed by atoms with van der Waals surface area (Å²) < 4.78 is 0. The Hall–Kier alpha value is -1.06. The van der Waals surface area contributed by atoms with Gasteiger partial charge in [-0.05, 0) is 55.3 Å². The fourth-order valence-electron chi connectivity index (χ4n) is 5.25. The highest BCUT2D eigenvalue weighted by Crippen LogP contribution is 2.54. The maximum atomic E-state index is 12.6. The largest absolute Gasteiger partial charge is 0.353 e. The summed E-state index contributed by atoms with van der Waals surface area (Å²) in [4.78, 5) is 25.9. The summed E-state index contributed by atoms with van der Waals surface area (Å²) in [6.45, 7) is 14.9. The van der Waals surface area contributed by atoms with E-state index in [1.54, 1.807) is 6.92 Å². The molecule has 1 N–H and O–H groups in total. The van der Waals surface area contributed by atoms with Gasteiger partial charge in [-0.25, -0.2) is 0 Å². The van der Waals surface area contributed by atoms with E-state index < -0.39 is 0 Å². The molecule has 0 bridgehead atoms. The van der Waals surface area contributed by atoms with Crippen LogP contribution < -0.4 is 5.32 Å². The predicted molar refractivity (Wildman–Crippen MR) is 102 cm³/mol. The summed E-state index contributed by atoms with van der Waals surface area (Å²) in [5.74, 6) is 1.08. The molecule has 4 heteroatoms. The number of hydrogen-bond donors (Lipinski definition) is 1. The quantitative estimate of drug-likeness (QED) is 0.836. The Morgan fingerprint density at radius 3 is 1.96 bits per heavy atom. The van der Waals surface area contributed by atoms with Gasteiger partial charge in [-0.1, -0.05) is 34.6 Å². The van der Waals surface area contributed by atoms with Crippen LogP contribution in [0.3, 0.4) is 0 Å². The zero-order valence-electron chi connectivity index (χ0n) is 17.2. The first kappa shape index (κ1) is 20.3. The van der Waals surface area contributed by atoms with Crippen LogP contribution in [0.25, 0.3) is 0 Å². The number of hydrogen-bond acceptors (Lipinski definition) is 2. The molecule has 25 heavy (non-hydrogen) atoms.